The van der Waals surface area contributed by atoms with E-state index in [4.69, 9.17) is 9.26 Å². The number of methoxy groups -OCH3 is 1. The third kappa shape index (κ3) is 3.26. The maximum absolute atomic E-state index is 5.47. The van der Waals surface area contributed by atoms with Crippen LogP contribution in [0.1, 0.15) is 35.5 Å². The van der Waals surface area contributed by atoms with Crippen LogP contribution in [-0.2, 0) is 0 Å². The molecule has 1 aliphatic rings. The Bertz CT molecular complexity index is 860. The van der Waals surface area contributed by atoms with Gasteiger partial charge < -0.3 is 9.26 Å². The Morgan fingerprint density at radius 1 is 1.08 bits per heavy atom. The minimum Gasteiger partial charge on any atom is -0.497 e. The summed E-state index contributed by atoms with van der Waals surface area (Å²) in [5.74, 6) is 2.05. The molecule has 2 atom stereocenters. The van der Waals surface area contributed by atoms with Crippen LogP contribution < -0.4 is 15.6 Å². The van der Waals surface area contributed by atoms with Crippen molar-refractivity contribution in [1.82, 2.24) is 21.0 Å². The van der Waals surface area contributed by atoms with Gasteiger partial charge in [0.15, 0.2) is 0 Å². The predicted molar refractivity (Wildman–Crippen MR) is 93.8 cm³/mol. The van der Waals surface area contributed by atoms with Crippen molar-refractivity contribution in [3.8, 4) is 17.1 Å². The van der Waals surface area contributed by atoms with Gasteiger partial charge in [-0.3, -0.25) is 0 Å². The molecule has 1 aromatic heterocycles. The SMILES string of the molecule is COc1cccc(C2CC(c3nc(-c4ccc(C)cc4)no3)NN2)c1. The summed E-state index contributed by atoms with van der Waals surface area (Å²) in [6.45, 7) is 2.05. The molecule has 2 N–H and O–H groups in total. The summed E-state index contributed by atoms with van der Waals surface area (Å²) in [6.07, 6.45) is 0.822. The lowest BCUT2D eigenvalue weighted by atomic mass is 10.0. The smallest absolute Gasteiger partial charge is 0.245 e. The van der Waals surface area contributed by atoms with E-state index in [0.717, 1.165) is 23.3 Å². The van der Waals surface area contributed by atoms with Crippen LogP contribution in [0.2, 0.25) is 0 Å². The summed E-state index contributed by atoms with van der Waals surface area (Å²) in [7, 11) is 1.67. The Labute approximate surface area is 146 Å². The van der Waals surface area contributed by atoms with Crippen molar-refractivity contribution in [2.75, 3.05) is 7.11 Å². The molecule has 1 aliphatic heterocycles. The minimum absolute atomic E-state index is 0.0251. The van der Waals surface area contributed by atoms with Gasteiger partial charge in [0.05, 0.1) is 7.11 Å². The largest absolute Gasteiger partial charge is 0.497 e. The number of aromatic nitrogens is 2. The van der Waals surface area contributed by atoms with Crippen LogP contribution in [-0.4, -0.2) is 17.3 Å². The van der Waals surface area contributed by atoms with Gasteiger partial charge in [0, 0.05) is 11.6 Å². The van der Waals surface area contributed by atoms with Crippen LogP contribution in [0.15, 0.2) is 53.1 Å². The van der Waals surface area contributed by atoms with Crippen LogP contribution in [0.25, 0.3) is 11.4 Å². The molecular weight excluding hydrogens is 316 g/mol. The van der Waals surface area contributed by atoms with Crippen molar-refractivity contribution in [2.45, 2.75) is 25.4 Å². The van der Waals surface area contributed by atoms with E-state index in [1.165, 1.54) is 5.56 Å². The van der Waals surface area contributed by atoms with Gasteiger partial charge in [-0.1, -0.05) is 47.1 Å². The summed E-state index contributed by atoms with van der Waals surface area (Å²) in [5, 5.41) is 4.11. The summed E-state index contributed by atoms with van der Waals surface area (Å²) in [4.78, 5) is 4.55. The summed E-state index contributed by atoms with van der Waals surface area (Å²) in [6, 6.07) is 16.3. The molecule has 1 saturated heterocycles. The number of hydrogen-bond donors (Lipinski definition) is 2. The van der Waals surface area contributed by atoms with Crippen LogP contribution in [0, 0.1) is 6.92 Å². The highest BCUT2D eigenvalue weighted by molar-refractivity contribution is 5.54. The Hall–Kier alpha value is -2.70. The van der Waals surface area contributed by atoms with Gasteiger partial charge in [0.25, 0.3) is 0 Å². The van der Waals surface area contributed by atoms with E-state index in [9.17, 15) is 0 Å². The van der Waals surface area contributed by atoms with E-state index < -0.39 is 0 Å². The van der Waals surface area contributed by atoms with Gasteiger partial charge in [0.1, 0.15) is 11.8 Å². The fourth-order valence-corrected chi connectivity index (χ4v) is 2.99. The van der Waals surface area contributed by atoms with E-state index in [0.29, 0.717) is 11.7 Å². The molecule has 6 heteroatoms. The standard InChI is InChI=1S/C19H20N4O2/c1-12-6-8-13(9-7-12)18-20-19(25-23-18)17-11-16(21-22-17)14-4-3-5-15(10-14)24-2/h3-10,16-17,21-22H,11H2,1-2H3. The molecule has 128 valence electrons. The summed E-state index contributed by atoms with van der Waals surface area (Å²) >= 11 is 0. The first-order chi connectivity index (χ1) is 12.2. The number of nitrogens with one attached hydrogen (secondary N) is 2. The highest BCUT2D eigenvalue weighted by atomic mass is 16.5. The molecule has 2 unspecified atom stereocenters. The zero-order valence-corrected chi connectivity index (χ0v) is 14.2. The second kappa shape index (κ2) is 6.66. The molecular formula is C19H20N4O2. The molecule has 0 radical (unpaired) electrons. The number of rotatable bonds is 4. The highest BCUT2D eigenvalue weighted by Crippen LogP contribution is 2.32. The lowest BCUT2D eigenvalue weighted by Gasteiger charge is -2.10. The molecule has 4 rings (SSSR count). The molecule has 2 heterocycles. The van der Waals surface area contributed by atoms with Gasteiger partial charge in [-0.15, -0.1) is 0 Å². The van der Waals surface area contributed by atoms with Crippen molar-refractivity contribution >= 4 is 0 Å². The van der Waals surface area contributed by atoms with Gasteiger partial charge >= 0.3 is 0 Å². The van der Waals surface area contributed by atoms with Gasteiger partial charge in [0.2, 0.25) is 11.7 Å². The Kier molecular flexibility index (Phi) is 4.21. The number of hydrazine groups is 1. The highest BCUT2D eigenvalue weighted by Gasteiger charge is 2.30. The van der Waals surface area contributed by atoms with Crippen LogP contribution >= 0.6 is 0 Å². The number of benzene rings is 2. The molecule has 0 aliphatic carbocycles. The summed E-state index contributed by atoms with van der Waals surface area (Å²) < 4.78 is 10.8. The first-order valence-electron chi connectivity index (χ1n) is 8.28. The van der Waals surface area contributed by atoms with Crippen LogP contribution in [0.5, 0.6) is 5.75 Å². The second-order valence-corrected chi connectivity index (χ2v) is 6.23. The summed E-state index contributed by atoms with van der Waals surface area (Å²) in [5.41, 5.74) is 9.86. The van der Waals surface area contributed by atoms with Crippen molar-refractivity contribution in [3.05, 3.63) is 65.5 Å². The van der Waals surface area contributed by atoms with E-state index in [2.05, 4.69) is 34.0 Å². The van der Waals surface area contributed by atoms with Crippen molar-refractivity contribution < 1.29 is 9.26 Å². The number of aryl methyl sites for hydroxylation is 1. The molecule has 1 fully saturated rings. The average molecular weight is 336 g/mol. The number of nitrogens with zero attached hydrogens (tertiary/aromatic N) is 2. The molecule has 6 nitrogen and oxygen atoms in total. The van der Waals surface area contributed by atoms with Crippen molar-refractivity contribution in [1.29, 1.82) is 0 Å². The lowest BCUT2D eigenvalue weighted by Crippen LogP contribution is -2.26. The monoisotopic (exact) mass is 336 g/mol. The molecule has 0 spiro atoms. The fraction of sp³-hybridized carbons (Fsp3) is 0.263. The average Bonchev–Trinajstić information content (AvgIpc) is 3.32. The molecule has 0 bridgehead atoms. The van der Waals surface area contributed by atoms with Crippen molar-refractivity contribution in [3.63, 3.8) is 0 Å². The Morgan fingerprint density at radius 2 is 1.88 bits per heavy atom. The number of ether oxygens (including phenoxy) is 1. The third-order valence-corrected chi connectivity index (χ3v) is 4.45. The molecule has 25 heavy (non-hydrogen) atoms. The second-order valence-electron chi connectivity index (χ2n) is 6.23. The molecule has 3 aromatic rings. The zero-order valence-electron chi connectivity index (χ0n) is 14.2. The Balaban J connectivity index is 1.49. The van der Waals surface area contributed by atoms with Gasteiger partial charge in [-0.05, 0) is 31.0 Å². The van der Waals surface area contributed by atoms with E-state index in [1.54, 1.807) is 7.11 Å². The molecule has 0 saturated carbocycles. The quantitative estimate of drug-likeness (QED) is 0.761. The maximum atomic E-state index is 5.47. The van der Waals surface area contributed by atoms with Crippen LogP contribution in [0.4, 0.5) is 0 Å². The van der Waals surface area contributed by atoms with E-state index >= 15 is 0 Å². The van der Waals surface area contributed by atoms with Gasteiger partial charge in [-0.25, -0.2) is 10.9 Å². The van der Waals surface area contributed by atoms with Crippen LogP contribution in [0.3, 0.4) is 0 Å². The maximum Gasteiger partial charge on any atom is 0.245 e. The van der Waals surface area contributed by atoms with Crippen molar-refractivity contribution in [2.24, 2.45) is 0 Å². The minimum atomic E-state index is -0.0251. The predicted octanol–water partition coefficient (Wildman–Crippen LogP) is 3.33. The van der Waals surface area contributed by atoms with E-state index in [1.807, 2.05) is 42.5 Å². The molecule has 2 aromatic carbocycles. The fourth-order valence-electron chi connectivity index (χ4n) is 2.99. The topological polar surface area (TPSA) is 72.2 Å². The third-order valence-electron chi connectivity index (χ3n) is 4.45. The lowest BCUT2D eigenvalue weighted by molar-refractivity contribution is 0.340. The zero-order chi connectivity index (χ0) is 17.2. The first kappa shape index (κ1) is 15.8. The van der Waals surface area contributed by atoms with Gasteiger partial charge in [-0.2, -0.15) is 4.98 Å². The number of hydrogen-bond acceptors (Lipinski definition) is 6. The normalized spacial score (nSPS) is 19.9. The molecule has 0 amide bonds. The first-order valence-corrected chi connectivity index (χ1v) is 8.28. The van der Waals surface area contributed by atoms with E-state index in [-0.39, 0.29) is 12.1 Å². The Morgan fingerprint density at radius 3 is 2.68 bits per heavy atom.